The minimum absolute atomic E-state index is 0.0101. The number of hydrogen-bond donors (Lipinski definition) is 8. The number of carboxylic acid groups (broad SMARTS) is 1. The van der Waals surface area contributed by atoms with Crippen LogP contribution in [0.2, 0.25) is 0 Å². The van der Waals surface area contributed by atoms with Crippen LogP contribution in [0, 0.1) is 0 Å². The number of amides is 3. The molecular formula is C29H33N7O6. The average molecular weight is 576 g/mol. The molecule has 0 fully saturated rings. The van der Waals surface area contributed by atoms with Gasteiger partial charge in [-0.25, -0.2) is 9.78 Å². The molecule has 220 valence electrons. The second-order valence-corrected chi connectivity index (χ2v) is 10.0. The van der Waals surface area contributed by atoms with E-state index in [1.165, 1.54) is 31.6 Å². The van der Waals surface area contributed by atoms with Gasteiger partial charge in [0.2, 0.25) is 17.7 Å². The molecule has 2 aromatic heterocycles. The molecule has 13 nitrogen and oxygen atoms in total. The van der Waals surface area contributed by atoms with E-state index in [-0.39, 0.29) is 25.0 Å². The maximum absolute atomic E-state index is 13.2. The highest BCUT2D eigenvalue weighted by Crippen LogP contribution is 2.19. The number of imidazole rings is 1. The van der Waals surface area contributed by atoms with E-state index in [1.807, 2.05) is 24.3 Å². The van der Waals surface area contributed by atoms with Crippen LogP contribution in [0.5, 0.6) is 5.75 Å². The lowest BCUT2D eigenvalue weighted by atomic mass is 10.0. The van der Waals surface area contributed by atoms with Crippen LogP contribution in [0.4, 0.5) is 0 Å². The van der Waals surface area contributed by atoms with Gasteiger partial charge in [0.25, 0.3) is 0 Å². The van der Waals surface area contributed by atoms with Gasteiger partial charge in [-0.2, -0.15) is 0 Å². The van der Waals surface area contributed by atoms with Gasteiger partial charge in [-0.3, -0.25) is 14.4 Å². The Morgan fingerprint density at radius 3 is 2.29 bits per heavy atom. The van der Waals surface area contributed by atoms with E-state index in [0.29, 0.717) is 11.3 Å². The van der Waals surface area contributed by atoms with Gasteiger partial charge < -0.3 is 41.9 Å². The van der Waals surface area contributed by atoms with Crippen LogP contribution in [0.15, 0.2) is 67.3 Å². The molecule has 0 radical (unpaired) electrons. The number of phenols is 1. The van der Waals surface area contributed by atoms with E-state index >= 15 is 0 Å². The van der Waals surface area contributed by atoms with Crippen molar-refractivity contribution in [2.75, 3.05) is 0 Å². The molecule has 0 saturated carbocycles. The first-order chi connectivity index (χ1) is 20.1. The number of nitrogens with one attached hydrogen (secondary N) is 5. The summed E-state index contributed by atoms with van der Waals surface area (Å²) >= 11 is 0. The number of aromatic hydroxyl groups is 1. The summed E-state index contributed by atoms with van der Waals surface area (Å²) in [4.78, 5) is 60.9. The summed E-state index contributed by atoms with van der Waals surface area (Å²) < 4.78 is 0. The van der Waals surface area contributed by atoms with Gasteiger partial charge in [0.1, 0.15) is 23.9 Å². The third-order valence-corrected chi connectivity index (χ3v) is 6.81. The molecule has 2 heterocycles. The van der Waals surface area contributed by atoms with E-state index in [9.17, 15) is 29.4 Å². The second-order valence-electron chi connectivity index (χ2n) is 10.0. The largest absolute Gasteiger partial charge is 0.508 e. The van der Waals surface area contributed by atoms with Crippen LogP contribution in [-0.4, -0.2) is 73.0 Å². The van der Waals surface area contributed by atoms with Crippen LogP contribution in [0.1, 0.15) is 23.7 Å². The van der Waals surface area contributed by atoms with Crippen molar-refractivity contribution >= 4 is 34.6 Å². The van der Waals surface area contributed by atoms with Gasteiger partial charge in [0, 0.05) is 41.8 Å². The highest BCUT2D eigenvalue weighted by atomic mass is 16.4. The summed E-state index contributed by atoms with van der Waals surface area (Å²) in [6.45, 7) is 1.46. The molecule has 4 aromatic rings. The first-order valence-electron chi connectivity index (χ1n) is 13.3. The van der Waals surface area contributed by atoms with E-state index in [4.69, 9.17) is 5.73 Å². The number of para-hydroxylation sites is 1. The van der Waals surface area contributed by atoms with Crippen molar-refractivity contribution in [2.45, 2.75) is 50.4 Å². The van der Waals surface area contributed by atoms with E-state index in [0.717, 1.165) is 16.5 Å². The number of fused-ring (bicyclic) bond motifs is 1. The lowest BCUT2D eigenvalue weighted by molar-refractivity contribution is -0.142. The molecule has 3 amide bonds. The second kappa shape index (κ2) is 13.5. The van der Waals surface area contributed by atoms with Crippen molar-refractivity contribution in [3.63, 3.8) is 0 Å². The fourth-order valence-corrected chi connectivity index (χ4v) is 4.48. The Morgan fingerprint density at radius 1 is 0.881 bits per heavy atom. The summed E-state index contributed by atoms with van der Waals surface area (Å²) in [6.07, 6.45) is 4.86. The highest BCUT2D eigenvalue weighted by molar-refractivity contribution is 5.94. The van der Waals surface area contributed by atoms with Gasteiger partial charge >= 0.3 is 5.97 Å². The lowest BCUT2D eigenvalue weighted by Gasteiger charge is -2.23. The SMILES string of the molecule is CC(NC(=O)C(N)Cc1c[nH]c2ccccc12)C(=O)NC(Cc1cnc[nH]1)C(=O)NC(Cc1ccc(O)cc1)C(=O)O. The average Bonchev–Trinajstić information content (AvgIpc) is 3.63. The number of carbonyl (C=O) groups is 4. The number of hydrogen-bond acceptors (Lipinski definition) is 7. The van der Waals surface area contributed by atoms with Crippen molar-refractivity contribution in [1.82, 2.24) is 30.9 Å². The number of benzene rings is 2. The molecule has 0 aliphatic rings. The first kappa shape index (κ1) is 29.8. The fourth-order valence-electron chi connectivity index (χ4n) is 4.48. The zero-order chi connectivity index (χ0) is 30.2. The van der Waals surface area contributed by atoms with Gasteiger partial charge in [0.05, 0.1) is 12.4 Å². The number of aliphatic carboxylic acids is 1. The predicted octanol–water partition coefficient (Wildman–Crippen LogP) is 0.511. The van der Waals surface area contributed by atoms with Crippen LogP contribution in [0.25, 0.3) is 10.9 Å². The maximum Gasteiger partial charge on any atom is 0.326 e. The quantitative estimate of drug-likeness (QED) is 0.112. The molecule has 0 aliphatic carbocycles. The van der Waals surface area contributed by atoms with Crippen LogP contribution < -0.4 is 21.7 Å². The van der Waals surface area contributed by atoms with Gasteiger partial charge in [-0.05, 0) is 42.7 Å². The zero-order valence-corrected chi connectivity index (χ0v) is 22.8. The highest BCUT2D eigenvalue weighted by Gasteiger charge is 2.29. The summed E-state index contributed by atoms with van der Waals surface area (Å²) in [7, 11) is 0. The van der Waals surface area contributed by atoms with Crippen molar-refractivity contribution in [1.29, 1.82) is 0 Å². The normalized spacial score (nSPS) is 14.0. The van der Waals surface area contributed by atoms with Crippen LogP contribution >= 0.6 is 0 Å². The molecule has 0 spiro atoms. The van der Waals surface area contributed by atoms with E-state index in [2.05, 4.69) is 30.9 Å². The van der Waals surface area contributed by atoms with E-state index in [1.54, 1.807) is 18.3 Å². The van der Waals surface area contributed by atoms with Crippen LogP contribution in [0.3, 0.4) is 0 Å². The Morgan fingerprint density at radius 2 is 1.60 bits per heavy atom. The van der Waals surface area contributed by atoms with Crippen LogP contribution in [-0.2, 0) is 38.4 Å². The number of phenolic OH excluding ortho intramolecular Hbond substituents is 1. The monoisotopic (exact) mass is 575 g/mol. The molecular weight excluding hydrogens is 542 g/mol. The molecule has 9 N–H and O–H groups in total. The molecule has 4 atom stereocenters. The van der Waals surface area contributed by atoms with E-state index < -0.39 is 47.9 Å². The van der Waals surface area contributed by atoms with Crippen molar-refractivity contribution in [3.8, 4) is 5.75 Å². The Hall–Kier alpha value is -5.17. The number of aromatic nitrogens is 3. The smallest absolute Gasteiger partial charge is 0.326 e. The summed E-state index contributed by atoms with van der Waals surface area (Å²) in [6, 6.07) is 9.09. The Kier molecular flexibility index (Phi) is 9.55. The standard InChI is InChI=1S/C29H33N7O6/c1-16(34-27(39)22(30)11-18-13-32-23-5-3-2-4-21(18)23)26(38)35-24(12-19-14-31-15-33-19)28(40)36-25(29(41)42)10-17-6-8-20(37)9-7-17/h2-9,13-16,22,24-25,32,37H,10-12,30H2,1H3,(H,31,33)(H,34,39)(H,35,38)(H,36,40)(H,41,42). The third kappa shape index (κ3) is 7.73. The Labute approximate surface area is 240 Å². The van der Waals surface area contributed by atoms with Crippen molar-refractivity contribution in [3.05, 3.63) is 84.1 Å². The number of rotatable bonds is 13. The molecule has 0 saturated heterocycles. The minimum atomic E-state index is -1.30. The summed E-state index contributed by atoms with van der Waals surface area (Å²) in [5, 5.41) is 27.8. The molecule has 2 aromatic carbocycles. The number of nitrogens with zero attached hydrogens (tertiary/aromatic N) is 1. The lowest BCUT2D eigenvalue weighted by Crippen LogP contribution is -2.57. The topological polar surface area (TPSA) is 215 Å². The third-order valence-electron chi connectivity index (χ3n) is 6.81. The molecule has 0 bridgehead atoms. The maximum atomic E-state index is 13.2. The molecule has 42 heavy (non-hydrogen) atoms. The number of H-pyrrole nitrogens is 2. The number of aromatic amines is 2. The predicted molar refractivity (Wildman–Crippen MR) is 153 cm³/mol. The molecule has 4 unspecified atom stereocenters. The summed E-state index contributed by atoms with van der Waals surface area (Å²) in [5.41, 5.74) is 9.03. The number of carbonyl (C=O) groups excluding carboxylic acids is 3. The van der Waals surface area contributed by atoms with Gasteiger partial charge in [0.15, 0.2) is 0 Å². The zero-order valence-electron chi connectivity index (χ0n) is 22.8. The van der Waals surface area contributed by atoms with Gasteiger partial charge in [-0.1, -0.05) is 30.3 Å². The molecule has 0 aliphatic heterocycles. The summed E-state index contributed by atoms with van der Waals surface area (Å²) in [5.74, 6) is -3.19. The van der Waals surface area contributed by atoms with Crippen molar-refractivity contribution in [2.24, 2.45) is 5.73 Å². The number of nitrogens with two attached hydrogens (primary N) is 1. The Balaban J connectivity index is 1.39. The molecule has 4 rings (SSSR count). The van der Waals surface area contributed by atoms with Gasteiger partial charge in [-0.15, -0.1) is 0 Å². The molecule has 13 heteroatoms. The first-order valence-corrected chi connectivity index (χ1v) is 13.3. The minimum Gasteiger partial charge on any atom is -0.508 e. The van der Waals surface area contributed by atoms with Crippen molar-refractivity contribution < 1.29 is 29.4 Å². The number of carboxylic acids is 1. The Bertz CT molecular complexity index is 1530. The fraction of sp³-hybridized carbons (Fsp3) is 0.276.